The third-order valence-electron chi connectivity index (χ3n) is 3.36. The van der Waals surface area contributed by atoms with Crippen LogP contribution in [0.5, 0.6) is 0 Å². The first kappa shape index (κ1) is 10.8. The van der Waals surface area contributed by atoms with E-state index in [9.17, 15) is 0 Å². The minimum absolute atomic E-state index is 0.504. The lowest BCUT2D eigenvalue weighted by molar-refractivity contribution is 0.157. The van der Waals surface area contributed by atoms with E-state index in [4.69, 9.17) is 0 Å². The van der Waals surface area contributed by atoms with Crippen molar-refractivity contribution in [3.05, 3.63) is 0 Å². The van der Waals surface area contributed by atoms with E-state index in [0.717, 1.165) is 12.1 Å². The number of hydrogen-bond donors (Lipinski definition) is 0. The minimum atomic E-state index is 0.504. The third kappa shape index (κ3) is 2.46. The summed E-state index contributed by atoms with van der Waals surface area (Å²) >= 11 is 2.11. The zero-order chi connectivity index (χ0) is 10.2. The molecule has 1 nitrogen and oxygen atoms in total. The third-order valence-corrected chi connectivity index (χ3v) is 4.60. The maximum atomic E-state index is 2.79. The molecule has 2 rings (SSSR count). The summed E-state index contributed by atoms with van der Waals surface area (Å²) in [5, 5.41) is 0. The predicted molar refractivity (Wildman–Crippen MR) is 64.9 cm³/mol. The first-order valence-electron chi connectivity index (χ1n) is 5.90. The van der Waals surface area contributed by atoms with E-state index in [2.05, 4.69) is 37.4 Å². The number of nitrogens with zero attached hydrogens (tertiary/aromatic N) is 1. The molecule has 14 heavy (non-hydrogen) atoms. The Kier molecular flexibility index (Phi) is 3.13. The molecule has 0 aromatic heterocycles. The molecule has 0 radical (unpaired) electrons. The smallest absolute Gasteiger partial charge is 0.0279 e. The van der Waals surface area contributed by atoms with Crippen LogP contribution in [0.1, 0.15) is 40.0 Å². The summed E-state index contributed by atoms with van der Waals surface area (Å²) < 4.78 is 0. The fourth-order valence-electron chi connectivity index (χ4n) is 2.68. The second-order valence-electron chi connectivity index (χ2n) is 5.99. The van der Waals surface area contributed by atoms with Crippen molar-refractivity contribution in [2.75, 3.05) is 18.1 Å². The van der Waals surface area contributed by atoms with Crippen LogP contribution in [0.2, 0.25) is 0 Å². The van der Waals surface area contributed by atoms with Gasteiger partial charge in [-0.2, -0.15) is 11.8 Å². The van der Waals surface area contributed by atoms with Crippen LogP contribution >= 0.6 is 11.8 Å². The molecule has 2 heterocycles. The van der Waals surface area contributed by atoms with E-state index in [1.807, 2.05) is 0 Å². The van der Waals surface area contributed by atoms with Gasteiger partial charge in [0.05, 0.1) is 0 Å². The molecule has 2 fully saturated rings. The van der Waals surface area contributed by atoms with E-state index in [1.165, 1.54) is 37.3 Å². The quantitative estimate of drug-likeness (QED) is 0.694. The van der Waals surface area contributed by atoms with Crippen molar-refractivity contribution in [3.8, 4) is 0 Å². The predicted octanol–water partition coefficient (Wildman–Crippen LogP) is 3.00. The molecule has 82 valence electrons. The fourth-order valence-corrected chi connectivity index (χ4v) is 3.51. The summed E-state index contributed by atoms with van der Waals surface area (Å²) in [5.41, 5.74) is 0.504. The van der Waals surface area contributed by atoms with Gasteiger partial charge in [0.2, 0.25) is 0 Å². The monoisotopic (exact) mass is 213 g/mol. The molecule has 2 aliphatic rings. The highest BCUT2D eigenvalue weighted by atomic mass is 32.2. The Labute approximate surface area is 92.6 Å². The second-order valence-corrected chi connectivity index (χ2v) is 7.06. The zero-order valence-electron chi connectivity index (χ0n) is 9.75. The topological polar surface area (TPSA) is 3.24 Å². The molecule has 0 aromatic carbocycles. The van der Waals surface area contributed by atoms with Gasteiger partial charge in [0.15, 0.2) is 0 Å². The first-order valence-corrected chi connectivity index (χ1v) is 7.05. The summed E-state index contributed by atoms with van der Waals surface area (Å²) in [7, 11) is 0. The molecule has 2 heteroatoms. The van der Waals surface area contributed by atoms with Crippen molar-refractivity contribution in [2.24, 2.45) is 5.41 Å². The molecule has 0 spiro atoms. The van der Waals surface area contributed by atoms with Crippen molar-refractivity contribution < 1.29 is 0 Å². The van der Waals surface area contributed by atoms with Gasteiger partial charge in [0.1, 0.15) is 0 Å². The molecule has 0 aliphatic carbocycles. The van der Waals surface area contributed by atoms with Crippen molar-refractivity contribution >= 4 is 11.8 Å². The fraction of sp³-hybridized carbons (Fsp3) is 1.00. The summed E-state index contributed by atoms with van der Waals surface area (Å²) in [6.07, 6.45) is 4.26. The Morgan fingerprint density at radius 1 is 1.29 bits per heavy atom. The number of likely N-dealkylation sites (tertiary alicyclic amines) is 1. The summed E-state index contributed by atoms with van der Waals surface area (Å²) in [4.78, 5) is 2.79. The number of thioether (sulfide) groups is 1. The molecular weight excluding hydrogens is 190 g/mol. The van der Waals surface area contributed by atoms with E-state index in [1.54, 1.807) is 0 Å². The Balaban J connectivity index is 1.89. The molecule has 0 aromatic rings. The van der Waals surface area contributed by atoms with Crippen LogP contribution in [-0.4, -0.2) is 35.0 Å². The molecule has 0 saturated carbocycles. The highest BCUT2D eigenvalue weighted by Gasteiger charge is 2.35. The van der Waals surface area contributed by atoms with Crippen molar-refractivity contribution in [3.63, 3.8) is 0 Å². The molecule has 1 atom stereocenters. The summed E-state index contributed by atoms with van der Waals surface area (Å²) in [5.74, 6) is 2.78. The average Bonchev–Trinajstić information content (AvgIpc) is 2.30. The van der Waals surface area contributed by atoms with Crippen LogP contribution in [-0.2, 0) is 0 Å². The van der Waals surface area contributed by atoms with E-state index in [-0.39, 0.29) is 0 Å². The van der Waals surface area contributed by atoms with Gasteiger partial charge >= 0.3 is 0 Å². The van der Waals surface area contributed by atoms with Crippen molar-refractivity contribution in [2.45, 2.75) is 52.1 Å². The lowest BCUT2D eigenvalue weighted by Crippen LogP contribution is -2.47. The van der Waals surface area contributed by atoms with Crippen LogP contribution in [0.25, 0.3) is 0 Å². The average molecular weight is 213 g/mol. The summed E-state index contributed by atoms with van der Waals surface area (Å²) in [6, 6.07) is 1.82. The van der Waals surface area contributed by atoms with Gasteiger partial charge in [0, 0.05) is 23.6 Å². The Morgan fingerprint density at radius 3 is 2.50 bits per heavy atom. The lowest BCUT2D eigenvalue weighted by Gasteiger charge is -2.40. The largest absolute Gasteiger partial charge is 0.296 e. The first-order chi connectivity index (χ1) is 6.56. The van der Waals surface area contributed by atoms with Crippen LogP contribution in [0, 0.1) is 5.41 Å². The van der Waals surface area contributed by atoms with Crippen molar-refractivity contribution in [1.82, 2.24) is 4.90 Å². The van der Waals surface area contributed by atoms with Gasteiger partial charge in [-0.25, -0.2) is 0 Å². The van der Waals surface area contributed by atoms with Gasteiger partial charge in [-0.1, -0.05) is 20.8 Å². The van der Waals surface area contributed by atoms with Crippen molar-refractivity contribution in [1.29, 1.82) is 0 Å². The van der Waals surface area contributed by atoms with Gasteiger partial charge < -0.3 is 0 Å². The Morgan fingerprint density at radius 2 is 2.00 bits per heavy atom. The summed E-state index contributed by atoms with van der Waals surface area (Å²) in [6.45, 7) is 8.49. The number of rotatable bonds is 2. The van der Waals surface area contributed by atoms with E-state index < -0.39 is 0 Å². The van der Waals surface area contributed by atoms with Crippen LogP contribution in [0.4, 0.5) is 0 Å². The van der Waals surface area contributed by atoms with Crippen LogP contribution in [0.3, 0.4) is 0 Å². The highest BCUT2D eigenvalue weighted by molar-refractivity contribution is 8.00. The lowest BCUT2D eigenvalue weighted by atomic mass is 9.87. The molecular formula is C12H23NS. The molecule has 0 N–H and O–H groups in total. The van der Waals surface area contributed by atoms with Gasteiger partial charge in [-0.05, 0) is 31.2 Å². The Hall–Kier alpha value is 0.310. The molecule has 0 amide bonds. The molecule has 2 aliphatic heterocycles. The van der Waals surface area contributed by atoms with Gasteiger partial charge in [-0.3, -0.25) is 4.90 Å². The van der Waals surface area contributed by atoms with Crippen LogP contribution in [0.15, 0.2) is 0 Å². The SMILES string of the molecule is CC(C)(C)C[C@@H]1CCCN1C1CSC1. The molecule has 0 bridgehead atoms. The van der Waals surface area contributed by atoms with E-state index >= 15 is 0 Å². The van der Waals surface area contributed by atoms with Gasteiger partial charge in [-0.15, -0.1) is 0 Å². The molecule has 0 unspecified atom stereocenters. The maximum absolute atomic E-state index is 2.79. The van der Waals surface area contributed by atoms with Crippen LogP contribution < -0.4 is 0 Å². The second kappa shape index (κ2) is 4.05. The number of hydrogen-bond acceptors (Lipinski definition) is 2. The Bertz CT molecular complexity index is 193. The normalized spacial score (nSPS) is 30.6. The minimum Gasteiger partial charge on any atom is -0.296 e. The maximum Gasteiger partial charge on any atom is 0.0279 e. The van der Waals surface area contributed by atoms with Gasteiger partial charge in [0.25, 0.3) is 0 Å². The van der Waals surface area contributed by atoms with E-state index in [0.29, 0.717) is 5.41 Å². The highest BCUT2D eigenvalue weighted by Crippen LogP contribution is 2.35. The molecule has 2 saturated heterocycles. The zero-order valence-corrected chi connectivity index (χ0v) is 10.6. The standard InChI is InChI=1S/C12H23NS/c1-12(2,3)7-10-5-4-6-13(10)11-8-14-9-11/h10-11H,4-9H2,1-3H3/t10-/m0/s1.